The van der Waals surface area contributed by atoms with Gasteiger partial charge in [-0.2, -0.15) is 0 Å². The number of aliphatic carboxylic acids is 1. The van der Waals surface area contributed by atoms with E-state index in [2.05, 4.69) is 5.32 Å². The second kappa shape index (κ2) is 6.72. The number of carbonyl (C=O) groups is 2. The first-order valence-electron chi connectivity index (χ1n) is 6.61. The first-order valence-corrected chi connectivity index (χ1v) is 6.99. The number of allylic oxidation sites excluding steroid dienone is 1. The van der Waals surface area contributed by atoms with Crippen LogP contribution >= 0.6 is 11.6 Å². The third-order valence-corrected chi connectivity index (χ3v) is 3.49. The van der Waals surface area contributed by atoms with Crippen molar-refractivity contribution in [2.24, 2.45) is 5.92 Å². The van der Waals surface area contributed by atoms with E-state index in [0.29, 0.717) is 11.5 Å². The maximum atomic E-state index is 13.5. The fourth-order valence-corrected chi connectivity index (χ4v) is 2.01. The summed E-state index contributed by atoms with van der Waals surface area (Å²) in [5, 5.41) is 11.5. The molecule has 112 valence electrons. The van der Waals surface area contributed by atoms with E-state index in [1.165, 1.54) is 18.2 Å². The Morgan fingerprint density at radius 3 is 2.76 bits per heavy atom. The van der Waals surface area contributed by atoms with Crippen LogP contribution in [0.15, 0.2) is 30.4 Å². The molecule has 0 saturated heterocycles. The van der Waals surface area contributed by atoms with Gasteiger partial charge in [-0.1, -0.05) is 23.7 Å². The van der Waals surface area contributed by atoms with Gasteiger partial charge in [0.25, 0.3) is 0 Å². The average molecular weight is 312 g/mol. The lowest BCUT2D eigenvalue weighted by molar-refractivity contribution is -0.137. The van der Waals surface area contributed by atoms with E-state index in [9.17, 15) is 14.0 Å². The molecule has 0 bridgehead atoms. The maximum Gasteiger partial charge on any atom is 0.305 e. The van der Waals surface area contributed by atoms with Crippen LogP contribution in [0.2, 0.25) is 5.02 Å². The summed E-state index contributed by atoms with van der Waals surface area (Å²) in [5.41, 5.74) is 0.368. The van der Waals surface area contributed by atoms with Crippen molar-refractivity contribution >= 4 is 23.5 Å². The fourth-order valence-electron chi connectivity index (χ4n) is 1.89. The molecule has 0 aliphatic heterocycles. The first kappa shape index (κ1) is 15.5. The third kappa shape index (κ3) is 4.86. The van der Waals surface area contributed by atoms with Gasteiger partial charge in [-0.3, -0.25) is 9.59 Å². The van der Waals surface area contributed by atoms with Crippen molar-refractivity contribution in [3.8, 4) is 0 Å². The zero-order valence-corrected chi connectivity index (χ0v) is 11.9. The van der Waals surface area contributed by atoms with Crippen LogP contribution in [0.3, 0.4) is 0 Å². The molecule has 1 saturated carbocycles. The van der Waals surface area contributed by atoms with E-state index in [1.54, 1.807) is 6.08 Å². The van der Waals surface area contributed by atoms with Gasteiger partial charge in [-0.05, 0) is 42.5 Å². The van der Waals surface area contributed by atoms with Crippen molar-refractivity contribution in [1.29, 1.82) is 0 Å². The van der Waals surface area contributed by atoms with Crippen molar-refractivity contribution in [2.75, 3.05) is 0 Å². The summed E-state index contributed by atoms with van der Waals surface area (Å²) in [6.07, 6.45) is 5.02. The molecule has 0 heterocycles. The molecule has 1 aromatic carbocycles. The van der Waals surface area contributed by atoms with Gasteiger partial charge < -0.3 is 10.4 Å². The molecule has 0 radical (unpaired) electrons. The number of nitrogens with one attached hydrogen (secondary N) is 1. The van der Waals surface area contributed by atoms with E-state index in [1.807, 2.05) is 0 Å². The van der Waals surface area contributed by atoms with Crippen molar-refractivity contribution < 1.29 is 19.1 Å². The summed E-state index contributed by atoms with van der Waals surface area (Å²) < 4.78 is 13.5. The number of hydrogen-bond donors (Lipinski definition) is 2. The van der Waals surface area contributed by atoms with Crippen LogP contribution in [0.5, 0.6) is 0 Å². The summed E-state index contributed by atoms with van der Waals surface area (Å²) in [5.74, 6) is -1.67. The molecule has 2 N–H and O–H groups in total. The van der Waals surface area contributed by atoms with Crippen LogP contribution < -0.4 is 5.32 Å². The summed E-state index contributed by atoms with van der Waals surface area (Å²) in [7, 11) is 0. The average Bonchev–Trinajstić information content (AvgIpc) is 3.22. The normalized spacial score (nSPS) is 15.9. The smallest absolute Gasteiger partial charge is 0.305 e. The van der Waals surface area contributed by atoms with E-state index in [0.717, 1.165) is 18.9 Å². The number of carboxylic acid groups (broad SMARTS) is 1. The summed E-state index contributed by atoms with van der Waals surface area (Å²) in [6.45, 7) is 0. The summed E-state index contributed by atoms with van der Waals surface area (Å²) >= 11 is 5.60. The molecule has 6 heteroatoms. The minimum absolute atomic E-state index is 0.0484. The lowest BCUT2D eigenvalue weighted by Crippen LogP contribution is -2.28. The first-order chi connectivity index (χ1) is 9.95. The molecule has 4 nitrogen and oxygen atoms in total. The number of benzene rings is 1. The molecule has 1 unspecified atom stereocenters. The predicted octanol–water partition coefficient (Wildman–Crippen LogP) is 3.08. The Morgan fingerprint density at radius 2 is 2.19 bits per heavy atom. The molecule has 1 aliphatic rings. The summed E-state index contributed by atoms with van der Waals surface area (Å²) in [6, 6.07) is 3.18. The van der Waals surface area contributed by atoms with Gasteiger partial charge >= 0.3 is 5.97 Å². The molecule has 1 aliphatic carbocycles. The van der Waals surface area contributed by atoms with E-state index < -0.39 is 17.8 Å². The van der Waals surface area contributed by atoms with Crippen LogP contribution in [0, 0.1) is 11.7 Å². The lowest BCUT2D eigenvalue weighted by Gasteiger charge is -2.16. The van der Waals surface area contributed by atoms with Crippen LogP contribution in [0.4, 0.5) is 4.39 Å². The molecule has 21 heavy (non-hydrogen) atoms. The van der Waals surface area contributed by atoms with Gasteiger partial charge in [-0.25, -0.2) is 4.39 Å². The van der Waals surface area contributed by atoms with Gasteiger partial charge in [0.1, 0.15) is 5.82 Å². The molecular formula is C15H15ClFNO3. The van der Waals surface area contributed by atoms with E-state index in [4.69, 9.17) is 16.7 Å². The minimum atomic E-state index is -1.08. The van der Waals surface area contributed by atoms with Crippen molar-refractivity contribution in [3.05, 3.63) is 46.8 Å². The second-order valence-electron chi connectivity index (χ2n) is 5.03. The molecule has 1 fully saturated rings. The minimum Gasteiger partial charge on any atom is -0.481 e. The molecule has 1 atom stereocenters. The van der Waals surface area contributed by atoms with Crippen molar-refractivity contribution in [2.45, 2.75) is 25.3 Å². The molecular weight excluding hydrogens is 297 g/mol. The number of halogens is 2. The second-order valence-corrected chi connectivity index (χ2v) is 5.44. The number of amides is 1. The van der Waals surface area contributed by atoms with Crippen molar-refractivity contribution in [1.82, 2.24) is 5.32 Å². The number of carboxylic acids is 1. The molecule has 2 rings (SSSR count). The van der Waals surface area contributed by atoms with Crippen LogP contribution in [-0.4, -0.2) is 17.0 Å². The zero-order valence-electron chi connectivity index (χ0n) is 11.2. The Balaban J connectivity index is 2.10. The fraction of sp³-hybridized carbons (Fsp3) is 0.333. The quantitative estimate of drug-likeness (QED) is 0.793. The Morgan fingerprint density at radius 1 is 1.48 bits per heavy atom. The highest BCUT2D eigenvalue weighted by atomic mass is 35.5. The van der Waals surface area contributed by atoms with Gasteiger partial charge in [-0.15, -0.1) is 0 Å². The SMILES string of the molecule is O=C(O)CC(NC(=O)/C=C/C1CC1)c1ccc(Cl)c(F)c1. The molecule has 1 amide bonds. The zero-order chi connectivity index (χ0) is 15.4. The van der Waals surface area contributed by atoms with Gasteiger partial charge in [0.2, 0.25) is 5.91 Å². The number of carbonyl (C=O) groups excluding carboxylic acids is 1. The maximum absolute atomic E-state index is 13.5. The predicted molar refractivity (Wildman–Crippen MR) is 76.4 cm³/mol. The highest BCUT2D eigenvalue weighted by Gasteiger charge is 2.20. The van der Waals surface area contributed by atoms with Crippen LogP contribution in [-0.2, 0) is 9.59 Å². The van der Waals surface area contributed by atoms with Gasteiger partial charge in [0.05, 0.1) is 17.5 Å². The van der Waals surface area contributed by atoms with Crippen LogP contribution in [0.1, 0.15) is 30.9 Å². The molecule has 1 aromatic rings. The largest absolute Gasteiger partial charge is 0.481 e. The van der Waals surface area contributed by atoms with Gasteiger partial charge in [0, 0.05) is 0 Å². The molecule has 0 aromatic heterocycles. The van der Waals surface area contributed by atoms with Crippen molar-refractivity contribution in [3.63, 3.8) is 0 Å². The van der Waals surface area contributed by atoms with E-state index in [-0.39, 0.29) is 17.4 Å². The lowest BCUT2D eigenvalue weighted by atomic mass is 10.0. The van der Waals surface area contributed by atoms with Gasteiger partial charge in [0.15, 0.2) is 0 Å². The third-order valence-electron chi connectivity index (χ3n) is 3.18. The summed E-state index contributed by atoms with van der Waals surface area (Å²) in [4.78, 5) is 22.7. The Labute approximate surface area is 126 Å². The highest BCUT2D eigenvalue weighted by Crippen LogP contribution is 2.30. The van der Waals surface area contributed by atoms with E-state index >= 15 is 0 Å². The molecule has 0 spiro atoms. The highest BCUT2D eigenvalue weighted by molar-refractivity contribution is 6.30. The Bertz CT molecular complexity index is 584. The monoisotopic (exact) mass is 311 g/mol. The number of hydrogen-bond acceptors (Lipinski definition) is 2. The topological polar surface area (TPSA) is 66.4 Å². The van der Waals surface area contributed by atoms with Crippen LogP contribution in [0.25, 0.3) is 0 Å². The number of rotatable bonds is 6. The Kier molecular flexibility index (Phi) is 4.96. The standard InChI is InChI=1S/C15H15ClFNO3/c16-11-5-4-10(7-12(11)17)13(8-15(20)21)18-14(19)6-3-9-1-2-9/h3-7,9,13H,1-2,8H2,(H,18,19)(H,20,21)/b6-3+. The Hall–Kier alpha value is -1.88.